The highest BCUT2D eigenvalue weighted by atomic mass is 79.9. The van der Waals surface area contributed by atoms with E-state index >= 15 is 0 Å². The number of hydrogen-bond acceptors (Lipinski definition) is 1. The largest absolute Gasteiger partial charge is 0.497 e. The van der Waals surface area contributed by atoms with Crippen molar-refractivity contribution in [2.24, 2.45) is 0 Å². The highest BCUT2D eigenvalue weighted by molar-refractivity contribution is 9.11. The molecule has 1 atom stereocenters. The molecule has 0 aliphatic carbocycles. The summed E-state index contributed by atoms with van der Waals surface area (Å²) in [6.07, 6.45) is 0.356. The first-order valence-corrected chi connectivity index (χ1v) is 7.64. The number of hydrogen-bond donors (Lipinski definition) is 0. The summed E-state index contributed by atoms with van der Waals surface area (Å²) in [5.74, 6) is -0.880. The Morgan fingerprint density at radius 2 is 1.95 bits per heavy atom. The van der Waals surface area contributed by atoms with Crippen LogP contribution >= 0.6 is 31.9 Å². The van der Waals surface area contributed by atoms with E-state index < -0.39 is 11.6 Å². The van der Waals surface area contributed by atoms with Crippen LogP contribution in [0.5, 0.6) is 5.75 Å². The van der Waals surface area contributed by atoms with Crippen molar-refractivity contribution in [3.63, 3.8) is 0 Å². The third-order valence-electron chi connectivity index (χ3n) is 2.98. The summed E-state index contributed by atoms with van der Waals surface area (Å²) < 4.78 is 32.8. The predicted molar refractivity (Wildman–Crippen MR) is 82.4 cm³/mol. The standard InChI is InChI=1S/C15H12Br2F2O/c1-20-10-5-6-11(13(17)8-10)12(16)7-9-3-2-4-14(18)15(9)19/h2-6,8,12H,7H2,1H3. The van der Waals surface area contributed by atoms with Gasteiger partial charge in [-0.1, -0.05) is 50.1 Å². The molecule has 5 heteroatoms. The molecule has 0 aromatic heterocycles. The van der Waals surface area contributed by atoms with Gasteiger partial charge in [0.05, 0.1) is 7.11 Å². The molecule has 0 amide bonds. The van der Waals surface area contributed by atoms with E-state index in [4.69, 9.17) is 4.74 Å². The molecule has 0 aliphatic rings. The molecule has 0 spiro atoms. The van der Waals surface area contributed by atoms with Gasteiger partial charge >= 0.3 is 0 Å². The van der Waals surface area contributed by atoms with Gasteiger partial charge in [0, 0.05) is 9.30 Å². The lowest BCUT2D eigenvalue weighted by atomic mass is 10.0. The zero-order valence-electron chi connectivity index (χ0n) is 10.7. The summed E-state index contributed by atoms with van der Waals surface area (Å²) >= 11 is 6.98. The number of rotatable bonds is 4. The Balaban J connectivity index is 2.24. The maximum Gasteiger partial charge on any atom is 0.162 e. The van der Waals surface area contributed by atoms with Gasteiger partial charge in [-0.15, -0.1) is 0 Å². The topological polar surface area (TPSA) is 9.23 Å². The van der Waals surface area contributed by atoms with Gasteiger partial charge in [-0.2, -0.15) is 0 Å². The van der Waals surface area contributed by atoms with Gasteiger partial charge in [-0.05, 0) is 35.7 Å². The van der Waals surface area contributed by atoms with Crippen LogP contribution in [0, 0.1) is 11.6 Å². The number of halogens is 4. The lowest BCUT2D eigenvalue weighted by Gasteiger charge is -2.14. The van der Waals surface area contributed by atoms with E-state index in [-0.39, 0.29) is 4.83 Å². The summed E-state index contributed by atoms with van der Waals surface area (Å²) in [5.41, 5.74) is 1.30. The third kappa shape index (κ3) is 3.38. The summed E-state index contributed by atoms with van der Waals surface area (Å²) in [6, 6.07) is 9.77. The normalized spacial score (nSPS) is 12.2. The fourth-order valence-electron chi connectivity index (χ4n) is 1.90. The minimum Gasteiger partial charge on any atom is -0.497 e. The molecule has 1 unspecified atom stereocenters. The van der Waals surface area contributed by atoms with E-state index in [9.17, 15) is 8.78 Å². The van der Waals surface area contributed by atoms with E-state index in [1.807, 2.05) is 18.2 Å². The summed E-state index contributed by atoms with van der Waals surface area (Å²) in [5, 5.41) is 0. The molecule has 1 nitrogen and oxygen atoms in total. The summed E-state index contributed by atoms with van der Waals surface area (Å²) in [6.45, 7) is 0. The van der Waals surface area contributed by atoms with Crippen LogP contribution in [0.1, 0.15) is 16.0 Å². The monoisotopic (exact) mass is 404 g/mol. The van der Waals surface area contributed by atoms with Gasteiger partial charge in [0.2, 0.25) is 0 Å². The van der Waals surface area contributed by atoms with Gasteiger partial charge in [-0.3, -0.25) is 0 Å². The van der Waals surface area contributed by atoms with Crippen LogP contribution in [-0.4, -0.2) is 7.11 Å². The van der Waals surface area contributed by atoms with Crippen molar-refractivity contribution in [3.05, 3.63) is 63.6 Å². The van der Waals surface area contributed by atoms with Gasteiger partial charge in [0.25, 0.3) is 0 Å². The Morgan fingerprint density at radius 3 is 2.60 bits per heavy atom. The van der Waals surface area contributed by atoms with Gasteiger partial charge in [0.15, 0.2) is 11.6 Å². The van der Waals surface area contributed by atoms with Crippen LogP contribution in [0.25, 0.3) is 0 Å². The van der Waals surface area contributed by atoms with Crippen LogP contribution in [0.4, 0.5) is 8.78 Å². The average molecular weight is 406 g/mol. The Kier molecular flexibility index (Phi) is 5.16. The summed E-state index contributed by atoms with van der Waals surface area (Å²) in [4.78, 5) is -0.126. The predicted octanol–water partition coefficient (Wildman–Crippen LogP) is 5.41. The second kappa shape index (κ2) is 6.68. The van der Waals surface area contributed by atoms with E-state index in [0.717, 1.165) is 21.9 Å². The van der Waals surface area contributed by atoms with Crippen molar-refractivity contribution in [3.8, 4) is 5.75 Å². The first kappa shape index (κ1) is 15.4. The minimum absolute atomic E-state index is 0.126. The van der Waals surface area contributed by atoms with Gasteiger partial charge < -0.3 is 4.74 Å². The smallest absolute Gasteiger partial charge is 0.162 e. The highest BCUT2D eigenvalue weighted by Crippen LogP contribution is 2.35. The van der Waals surface area contributed by atoms with E-state index in [2.05, 4.69) is 31.9 Å². The van der Waals surface area contributed by atoms with Crippen molar-refractivity contribution < 1.29 is 13.5 Å². The molecule has 0 saturated carbocycles. The van der Waals surface area contributed by atoms with Crippen molar-refractivity contribution in [2.45, 2.75) is 11.2 Å². The third-order valence-corrected chi connectivity index (χ3v) is 4.48. The fourth-order valence-corrected chi connectivity index (χ4v) is 3.59. The second-order valence-electron chi connectivity index (χ2n) is 4.27. The first-order chi connectivity index (χ1) is 9.52. The molecule has 0 bridgehead atoms. The molecule has 0 aliphatic heterocycles. The number of alkyl halides is 1. The molecule has 2 aromatic carbocycles. The first-order valence-electron chi connectivity index (χ1n) is 5.93. The SMILES string of the molecule is COc1ccc(C(Br)Cc2cccc(F)c2F)c(Br)c1. The van der Waals surface area contributed by atoms with E-state index in [0.29, 0.717) is 12.0 Å². The average Bonchev–Trinajstić information content (AvgIpc) is 2.43. The zero-order valence-corrected chi connectivity index (χ0v) is 13.8. The molecule has 2 rings (SSSR count). The zero-order chi connectivity index (χ0) is 14.7. The quantitative estimate of drug-likeness (QED) is 0.617. The van der Waals surface area contributed by atoms with Crippen molar-refractivity contribution in [1.29, 1.82) is 0 Å². The highest BCUT2D eigenvalue weighted by Gasteiger charge is 2.16. The van der Waals surface area contributed by atoms with Crippen molar-refractivity contribution in [2.75, 3.05) is 7.11 Å². The van der Waals surface area contributed by atoms with Crippen LogP contribution in [-0.2, 0) is 6.42 Å². The Bertz CT molecular complexity index is 617. The molecule has 0 saturated heterocycles. The van der Waals surface area contributed by atoms with Crippen molar-refractivity contribution in [1.82, 2.24) is 0 Å². The van der Waals surface area contributed by atoms with Crippen LogP contribution < -0.4 is 4.74 Å². The second-order valence-corrected chi connectivity index (χ2v) is 6.23. The van der Waals surface area contributed by atoms with Crippen LogP contribution in [0.15, 0.2) is 40.9 Å². The van der Waals surface area contributed by atoms with Crippen molar-refractivity contribution >= 4 is 31.9 Å². The van der Waals surface area contributed by atoms with Crippen LogP contribution in [0.2, 0.25) is 0 Å². The summed E-state index contributed by atoms with van der Waals surface area (Å²) in [7, 11) is 1.59. The van der Waals surface area contributed by atoms with E-state index in [1.165, 1.54) is 6.07 Å². The number of ether oxygens (including phenoxy) is 1. The number of benzene rings is 2. The van der Waals surface area contributed by atoms with Gasteiger partial charge in [0.1, 0.15) is 5.75 Å². The van der Waals surface area contributed by atoms with Gasteiger partial charge in [-0.25, -0.2) is 8.78 Å². The molecular formula is C15H12Br2F2O. The van der Waals surface area contributed by atoms with E-state index in [1.54, 1.807) is 13.2 Å². The Hall–Kier alpha value is -0.940. The molecule has 0 fully saturated rings. The van der Waals surface area contributed by atoms with Crippen LogP contribution in [0.3, 0.4) is 0 Å². The minimum atomic E-state index is -0.823. The molecule has 0 heterocycles. The maximum absolute atomic E-state index is 13.7. The Labute approximate surface area is 133 Å². The molecular weight excluding hydrogens is 394 g/mol. The molecule has 0 N–H and O–H groups in total. The Morgan fingerprint density at radius 1 is 1.20 bits per heavy atom. The molecule has 20 heavy (non-hydrogen) atoms. The lowest BCUT2D eigenvalue weighted by molar-refractivity contribution is 0.414. The molecule has 0 radical (unpaired) electrons. The lowest BCUT2D eigenvalue weighted by Crippen LogP contribution is -2.01. The molecule has 2 aromatic rings. The maximum atomic E-state index is 13.7. The number of methoxy groups -OCH3 is 1. The molecule has 106 valence electrons. The fraction of sp³-hybridized carbons (Fsp3) is 0.200.